The van der Waals surface area contributed by atoms with Gasteiger partial charge in [-0.25, -0.2) is 4.39 Å². The molecule has 14 heavy (non-hydrogen) atoms. The topological polar surface area (TPSA) is 15.8 Å². The van der Waals surface area contributed by atoms with Gasteiger partial charge in [-0.05, 0) is 18.2 Å². The van der Waals surface area contributed by atoms with Gasteiger partial charge in [-0.3, -0.25) is 0 Å². The van der Waals surface area contributed by atoms with Crippen LogP contribution in [0.4, 0.5) is 4.39 Å². The standard InChI is InChI=1S/C12H7FN/c13-8-5-6-12-10(7-8)9-3-1-2-4-11(9)14-12/h1-3,5-7,14H. The molecule has 0 saturated heterocycles. The highest BCUT2D eigenvalue weighted by atomic mass is 19.1. The zero-order chi connectivity index (χ0) is 9.54. The molecule has 1 N–H and O–H groups in total. The lowest BCUT2D eigenvalue weighted by Crippen LogP contribution is -1.71. The molecule has 2 heteroatoms. The van der Waals surface area contributed by atoms with Crippen molar-refractivity contribution in [2.24, 2.45) is 0 Å². The van der Waals surface area contributed by atoms with Crippen LogP contribution in [0.5, 0.6) is 0 Å². The zero-order valence-electron chi connectivity index (χ0n) is 7.34. The Kier molecular flexibility index (Phi) is 1.39. The lowest BCUT2D eigenvalue weighted by atomic mass is 10.1. The highest BCUT2D eigenvalue weighted by Gasteiger charge is 2.03. The van der Waals surface area contributed by atoms with Gasteiger partial charge >= 0.3 is 0 Å². The summed E-state index contributed by atoms with van der Waals surface area (Å²) in [6.07, 6.45) is 0. The molecule has 0 aliphatic heterocycles. The predicted octanol–water partition coefficient (Wildman–Crippen LogP) is 3.26. The molecule has 0 spiro atoms. The van der Waals surface area contributed by atoms with Crippen LogP contribution < -0.4 is 0 Å². The van der Waals surface area contributed by atoms with Crippen LogP contribution >= 0.6 is 0 Å². The SMILES string of the molecule is Fc1ccc2[nH]c3[c]cccc3c2c1. The number of H-pyrrole nitrogens is 1. The van der Waals surface area contributed by atoms with E-state index in [4.69, 9.17) is 0 Å². The summed E-state index contributed by atoms with van der Waals surface area (Å²) in [7, 11) is 0. The Hall–Kier alpha value is -1.83. The normalized spacial score (nSPS) is 11.2. The minimum atomic E-state index is -0.206. The summed E-state index contributed by atoms with van der Waals surface area (Å²) < 4.78 is 13.0. The molecule has 0 aliphatic rings. The summed E-state index contributed by atoms with van der Waals surface area (Å²) in [5.74, 6) is -0.206. The molecule has 0 saturated carbocycles. The number of aromatic nitrogens is 1. The van der Waals surface area contributed by atoms with Gasteiger partial charge in [0.1, 0.15) is 5.82 Å². The molecule has 1 aromatic heterocycles. The number of halogens is 1. The quantitative estimate of drug-likeness (QED) is 0.552. The Morgan fingerprint density at radius 1 is 1.14 bits per heavy atom. The molecule has 0 aliphatic carbocycles. The summed E-state index contributed by atoms with van der Waals surface area (Å²) >= 11 is 0. The van der Waals surface area contributed by atoms with Crippen molar-refractivity contribution in [3.8, 4) is 0 Å². The van der Waals surface area contributed by atoms with Gasteiger partial charge in [0.25, 0.3) is 0 Å². The van der Waals surface area contributed by atoms with Crippen LogP contribution in [0.3, 0.4) is 0 Å². The maximum Gasteiger partial charge on any atom is 0.123 e. The molecule has 1 heterocycles. The van der Waals surface area contributed by atoms with Crippen molar-refractivity contribution in [1.29, 1.82) is 0 Å². The number of hydrogen-bond donors (Lipinski definition) is 1. The lowest BCUT2D eigenvalue weighted by Gasteiger charge is -1.90. The Bertz CT molecular complexity index is 610. The van der Waals surface area contributed by atoms with E-state index in [2.05, 4.69) is 11.1 Å². The highest BCUT2D eigenvalue weighted by molar-refractivity contribution is 6.06. The fraction of sp³-hybridized carbons (Fsp3) is 0. The average molecular weight is 184 g/mol. The van der Waals surface area contributed by atoms with Crippen LogP contribution in [0.2, 0.25) is 0 Å². The third kappa shape index (κ3) is 0.940. The summed E-state index contributed by atoms with van der Waals surface area (Å²) in [5.41, 5.74) is 1.87. The second kappa shape index (κ2) is 2.58. The largest absolute Gasteiger partial charge is 0.354 e. The first-order chi connectivity index (χ1) is 6.84. The van der Waals surface area contributed by atoms with Crippen LogP contribution in [-0.2, 0) is 0 Å². The van der Waals surface area contributed by atoms with Gasteiger partial charge in [0.15, 0.2) is 0 Å². The average Bonchev–Trinajstić information content (AvgIpc) is 2.56. The number of para-hydroxylation sites is 1. The fourth-order valence-corrected chi connectivity index (χ4v) is 1.75. The van der Waals surface area contributed by atoms with E-state index in [-0.39, 0.29) is 5.82 Å². The van der Waals surface area contributed by atoms with E-state index in [0.29, 0.717) is 0 Å². The second-order valence-corrected chi connectivity index (χ2v) is 3.27. The number of hydrogen-bond acceptors (Lipinski definition) is 0. The summed E-state index contributed by atoms with van der Waals surface area (Å²) in [6, 6.07) is 13.5. The third-order valence-electron chi connectivity index (χ3n) is 2.39. The monoisotopic (exact) mass is 184 g/mol. The van der Waals surface area contributed by atoms with Crippen LogP contribution in [-0.4, -0.2) is 4.98 Å². The van der Waals surface area contributed by atoms with Crippen LogP contribution in [0.1, 0.15) is 0 Å². The third-order valence-corrected chi connectivity index (χ3v) is 2.39. The number of fused-ring (bicyclic) bond motifs is 3. The van der Waals surface area contributed by atoms with Crippen molar-refractivity contribution in [2.75, 3.05) is 0 Å². The number of nitrogens with one attached hydrogen (secondary N) is 1. The molecule has 0 amide bonds. The van der Waals surface area contributed by atoms with E-state index in [1.807, 2.05) is 18.2 Å². The molecule has 1 radical (unpaired) electrons. The predicted molar refractivity (Wildman–Crippen MR) is 54.6 cm³/mol. The Morgan fingerprint density at radius 3 is 3.00 bits per heavy atom. The van der Waals surface area contributed by atoms with Gasteiger partial charge in [0.2, 0.25) is 0 Å². The molecule has 67 valence electrons. The smallest absolute Gasteiger partial charge is 0.123 e. The fourth-order valence-electron chi connectivity index (χ4n) is 1.75. The molecule has 0 fully saturated rings. The van der Waals surface area contributed by atoms with E-state index in [1.165, 1.54) is 6.07 Å². The van der Waals surface area contributed by atoms with Gasteiger partial charge in [0.05, 0.1) is 5.52 Å². The molecular weight excluding hydrogens is 177 g/mol. The molecule has 0 bridgehead atoms. The lowest BCUT2D eigenvalue weighted by molar-refractivity contribution is 0.630. The summed E-state index contributed by atoms with van der Waals surface area (Å²) in [6.45, 7) is 0. The van der Waals surface area contributed by atoms with Crippen LogP contribution in [0, 0.1) is 11.9 Å². The number of benzene rings is 2. The molecule has 0 atom stereocenters. The Balaban J connectivity index is 2.58. The Morgan fingerprint density at radius 2 is 2.07 bits per heavy atom. The van der Waals surface area contributed by atoms with Crippen molar-refractivity contribution >= 4 is 21.8 Å². The zero-order valence-corrected chi connectivity index (χ0v) is 7.34. The van der Waals surface area contributed by atoms with Crippen LogP contribution in [0.25, 0.3) is 21.8 Å². The van der Waals surface area contributed by atoms with Crippen molar-refractivity contribution in [3.05, 3.63) is 48.3 Å². The van der Waals surface area contributed by atoms with Gasteiger partial charge < -0.3 is 4.98 Å². The summed E-state index contributed by atoms with van der Waals surface area (Å²) in [4.78, 5) is 3.18. The molecule has 3 aromatic rings. The minimum Gasteiger partial charge on any atom is -0.354 e. The second-order valence-electron chi connectivity index (χ2n) is 3.27. The first kappa shape index (κ1) is 7.56. The molecule has 2 aromatic carbocycles. The minimum absolute atomic E-state index is 0.206. The first-order valence-electron chi connectivity index (χ1n) is 4.42. The van der Waals surface area contributed by atoms with Crippen molar-refractivity contribution < 1.29 is 4.39 Å². The molecule has 1 nitrogen and oxygen atoms in total. The van der Waals surface area contributed by atoms with Crippen LogP contribution in [0.15, 0.2) is 36.4 Å². The first-order valence-corrected chi connectivity index (χ1v) is 4.42. The van der Waals surface area contributed by atoms with Crippen molar-refractivity contribution in [1.82, 2.24) is 4.98 Å². The maximum absolute atomic E-state index is 13.0. The van der Waals surface area contributed by atoms with Gasteiger partial charge in [-0.2, -0.15) is 0 Å². The van der Waals surface area contributed by atoms with Crippen molar-refractivity contribution in [2.45, 2.75) is 0 Å². The van der Waals surface area contributed by atoms with E-state index in [9.17, 15) is 4.39 Å². The summed E-state index contributed by atoms with van der Waals surface area (Å²) in [5, 5.41) is 1.93. The molecule has 0 unspecified atom stereocenters. The number of rotatable bonds is 0. The Labute approximate surface area is 80.2 Å². The maximum atomic E-state index is 13.0. The number of aromatic amines is 1. The van der Waals surface area contributed by atoms with Gasteiger partial charge in [-0.15, -0.1) is 0 Å². The van der Waals surface area contributed by atoms with E-state index in [1.54, 1.807) is 12.1 Å². The van der Waals surface area contributed by atoms with Crippen molar-refractivity contribution in [3.63, 3.8) is 0 Å². The van der Waals surface area contributed by atoms with E-state index < -0.39 is 0 Å². The van der Waals surface area contributed by atoms with Gasteiger partial charge in [0, 0.05) is 22.4 Å². The molecular formula is C12H7FN. The van der Waals surface area contributed by atoms with E-state index >= 15 is 0 Å². The molecule has 3 rings (SSSR count). The van der Waals surface area contributed by atoms with Gasteiger partial charge in [-0.1, -0.05) is 18.2 Å². The highest BCUT2D eigenvalue weighted by Crippen LogP contribution is 2.24. The van der Waals surface area contributed by atoms with E-state index in [0.717, 1.165) is 21.8 Å².